The molecule has 3 rings (SSSR count). The standard InChI is InChI=1S/C13H10FN5O3S/c1-22-23(20,21)13-15-7-6-10(16-13)12-11(17-19-18-12)8-2-4-9(14)5-3-8/h2-7H,1H3,(H,17,18,19). The summed E-state index contributed by atoms with van der Waals surface area (Å²) >= 11 is 0. The first kappa shape index (κ1) is 15.2. The van der Waals surface area contributed by atoms with Crippen molar-refractivity contribution in [1.82, 2.24) is 25.4 Å². The molecule has 0 saturated carbocycles. The van der Waals surface area contributed by atoms with Gasteiger partial charge in [0.15, 0.2) is 0 Å². The quantitative estimate of drug-likeness (QED) is 0.566. The summed E-state index contributed by atoms with van der Waals surface area (Å²) in [5, 5.41) is 9.82. The van der Waals surface area contributed by atoms with Gasteiger partial charge < -0.3 is 0 Å². The number of aromatic amines is 1. The third-order valence-corrected chi connectivity index (χ3v) is 4.08. The molecule has 0 bridgehead atoms. The van der Waals surface area contributed by atoms with Crippen LogP contribution in [-0.2, 0) is 14.3 Å². The van der Waals surface area contributed by atoms with E-state index in [0.717, 1.165) is 7.11 Å². The Balaban J connectivity index is 2.09. The van der Waals surface area contributed by atoms with Gasteiger partial charge in [-0.3, -0.25) is 9.28 Å². The second-order valence-electron chi connectivity index (χ2n) is 4.39. The lowest BCUT2D eigenvalue weighted by Crippen LogP contribution is -2.08. The van der Waals surface area contributed by atoms with Crippen molar-refractivity contribution >= 4 is 10.1 Å². The van der Waals surface area contributed by atoms with Crippen LogP contribution in [0, 0.1) is 5.82 Å². The average molecular weight is 335 g/mol. The van der Waals surface area contributed by atoms with Crippen molar-refractivity contribution in [3.8, 4) is 22.6 Å². The van der Waals surface area contributed by atoms with E-state index in [4.69, 9.17) is 0 Å². The molecule has 1 aromatic carbocycles. The van der Waals surface area contributed by atoms with E-state index in [2.05, 4.69) is 29.6 Å². The van der Waals surface area contributed by atoms with Gasteiger partial charge >= 0.3 is 10.1 Å². The van der Waals surface area contributed by atoms with Crippen molar-refractivity contribution in [3.05, 3.63) is 42.3 Å². The molecule has 10 heteroatoms. The fourth-order valence-corrected chi connectivity index (χ4v) is 2.44. The maximum Gasteiger partial charge on any atom is 0.332 e. The van der Waals surface area contributed by atoms with Crippen molar-refractivity contribution in [2.75, 3.05) is 7.11 Å². The van der Waals surface area contributed by atoms with Crippen molar-refractivity contribution < 1.29 is 17.0 Å². The number of rotatable bonds is 4. The fourth-order valence-electron chi connectivity index (χ4n) is 1.89. The normalized spacial score (nSPS) is 11.6. The number of nitrogens with zero attached hydrogens (tertiary/aromatic N) is 4. The van der Waals surface area contributed by atoms with E-state index in [0.29, 0.717) is 17.0 Å². The molecule has 0 aliphatic carbocycles. The number of nitrogens with one attached hydrogen (secondary N) is 1. The largest absolute Gasteiger partial charge is 0.332 e. The Kier molecular flexibility index (Phi) is 3.84. The zero-order valence-electron chi connectivity index (χ0n) is 11.8. The third kappa shape index (κ3) is 2.94. The highest BCUT2D eigenvalue weighted by atomic mass is 32.2. The third-order valence-electron chi connectivity index (χ3n) is 3.00. The van der Waals surface area contributed by atoms with Gasteiger partial charge in [0.05, 0.1) is 18.5 Å². The molecule has 0 radical (unpaired) electrons. The minimum atomic E-state index is -4.03. The first-order chi connectivity index (χ1) is 11.0. The number of H-pyrrole nitrogens is 1. The lowest BCUT2D eigenvalue weighted by atomic mass is 10.1. The summed E-state index contributed by atoms with van der Waals surface area (Å²) in [6.45, 7) is 0. The second kappa shape index (κ2) is 5.82. The molecule has 0 fully saturated rings. The minimum Gasteiger partial charge on any atom is -0.267 e. The van der Waals surface area contributed by atoms with E-state index in [9.17, 15) is 12.8 Å². The van der Waals surface area contributed by atoms with E-state index < -0.39 is 15.3 Å². The molecule has 0 spiro atoms. The molecular formula is C13H10FN5O3S. The van der Waals surface area contributed by atoms with Gasteiger partial charge in [-0.2, -0.15) is 8.42 Å². The lowest BCUT2D eigenvalue weighted by molar-refractivity contribution is 0.392. The SMILES string of the molecule is COS(=O)(=O)c1nccc(-c2nn[nH]c2-c2ccc(F)cc2)n1. The molecule has 0 saturated heterocycles. The molecule has 8 nitrogen and oxygen atoms in total. The first-order valence-electron chi connectivity index (χ1n) is 6.32. The van der Waals surface area contributed by atoms with E-state index in [1.165, 1.54) is 24.4 Å². The van der Waals surface area contributed by atoms with Gasteiger partial charge in [-0.1, -0.05) is 5.21 Å². The van der Waals surface area contributed by atoms with Crippen LogP contribution >= 0.6 is 0 Å². The number of halogens is 1. The Hall–Kier alpha value is -2.72. The number of hydrogen-bond donors (Lipinski definition) is 1. The van der Waals surface area contributed by atoms with Gasteiger partial charge in [-0.25, -0.2) is 14.4 Å². The van der Waals surface area contributed by atoms with Crippen LogP contribution < -0.4 is 0 Å². The van der Waals surface area contributed by atoms with Crippen LogP contribution in [0.4, 0.5) is 4.39 Å². The molecule has 23 heavy (non-hydrogen) atoms. The summed E-state index contributed by atoms with van der Waals surface area (Å²) in [5.41, 5.74) is 1.65. The highest BCUT2D eigenvalue weighted by Gasteiger charge is 2.20. The van der Waals surface area contributed by atoms with Crippen molar-refractivity contribution in [1.29, 1.82) is 0 Å². The van der Waals surface area contributed by atoms with E-state index in [1.807, 2.05) is 0 Å². The van der Waals surface area contributed by atoms with Crippen molar-refractivity contribution in [2.24, 2.45) is 0 Å². The van der Waals surface area contributed by atoms with Gasteiger partial charge in [0.1, 0.15) is 11.5 Å². The Bertz CT molecular complexity index is 940. The van der Waals surface area contributed by atoms with Crippen molar-refractivity contribution in [3.63, 3.8) is 0 Å². The van der Waals surface area contributed by atoms with Crippen LogP contribution in [0.3, 0.4) is 0 Å². The molecule has 2 heterocycles. The molecule has 118 valence electrons. The fraction of sp³-hybridized carbons (Fsp3) is 0.0769. The molecular weight excluding hydrogens is 325 g/mol. The Morgan fingerprint density at radius 1 is 1.17 bits per heavy atom. The average Bonchev–Trinajstić information content (AvgIpc) is 3.05. The van der Waals surface area contributed by atoms with Gasteiger partial charge in [0.2, 0.25) is 0 Å². The lowest BCUT2D eigenvalue weighted by Gasteiger charge is -2.03. The smallest absolute Gasteiger partial charge is 0.267 e. The van der Waals surface area contributed by atoms with Crippen molar-refractivity contribution in [2.45, 2.75) is 5.16 Å². The van der Waals surface area contributed by atoms with Crippen LogP contribution in [-0.4, -0.2) is 40.9 Å². The monoisotopic (exact) mass is 335 g/mol. The van der Waals surface area contributed by atoms with Gasteiger partial charge in [-0.15, -0.1) is 5.10 Å². The van der Waals surface area contributed by atoms with Crippen LogP contribution in [0.15, 0.2) is 41.7 Å². The molecule has 0 aliphatic rings. The topological polar surface area (TPSA) is 111 Å². The maximum atomic E-state index is 13.0. The van der Waals surface area contributed by atoms with Crippen LogP contribution in [0.1, 0.15) is 0 Å². The molecule has 0 unspecified atom stereocenters. The number of aromatic nitrogens is 5. The number of benzene rings is 1. The summed E-state index contributed by atoms with van der Waals surface area (Å²) in [5.74, 6) is -0.377. The minimum absolute atomic E-state index is 0.240. The highest BCUT2D eigenvalue weighted by molar-refractivity contribution is 7.86. The van der Waals surface area contributed by atoms with Crippen LogP contribution in [0.5, 0.6) is 0 Å². The summed E-state index contributed by atoms with van der Waals surface area (Å²) < 4.78 is 40.8. The van der Waals surface area contributed by atoms with Gasteiger partial charge in [0, 0.05) is 11.8 Å². The Labute approximate surface area is 130 Å². The summed E-state index contributed by atoms with van der Waals surface area (Å²) in [6, 6.07) is 7.16. The zero-order valence-corrected chi connectivity index (χ0v) is 12.6. The predicted molar refractivity (Wildman–Crippen MR) is 77.0 cm³/mol. The molecule has 0 aliphatic heterocycles. The summed E-state index contributed by atoms with van der Waals surface area (Å²) in [7, 11) is -3.01. The summed E-state index contributed by atoms with van der Waals surface area (Å²) in [6.07, 6.45) is 1.28. The van der Waals surface area contributed by atoms with E-state index >= 15 is 0 Å². The molecule has 0 atom stereocenters. The Morgan fingerprint density at radius 2 is 1.91 bits per heavy atom. The zero-order chi connectivity index (χ0) is 16.4. The van der Waals surface area contributed by atoms with E-state index in [1.54, 1.807) is 12.1 Å². The maximum absolute atomic E-state index is 13.0. The molecule has 2 aromatic heterocycles. The molecule has 3 aromatic rings. The number of hydrogen-bond acceptors (Lipinski definition) is 7. The Morgan fingerprint density at radius 3 is 2.61 bits per heavy atom. The predicted octanol–water partition coefficient (Wildman–Crippen LogP) is 1.40. The van der Waals surface area contributed by atoms with E-state index in [-0.39, 0.29) is 11.5 Å². The van der Waals surface area contributed by atoms with Gasteiger partial charge in [0.25, 0.3) is 5.16 Å². The summed E-state index contributed by atoms with van der Waals surface area (Å²) in [4.78, 5) is 7.61. The van der Waals surface area contributed by atoms with Crippen LogP contribution in [0.25, 0.3) is 22.6 Å². The molecule has 0 amide bonds. The van der Waals surface area contributed by atoms with Crippen LogP contribution in [0.2, 0.25) is 0 Å². The van der Waals surface area contributed by atoms with Gasteiger partial charge in [-0.05, 0) is 30.3 Å². The second-order valence-corrected chi connectivity index (χ2v) is 5.99. The molecule has 1 N–H and O–H groups in total. The first-order valence-corrected chi connectivity index (χ1v) is 7.73. The highest BCUT2D eigenvalue weighted by Crippen LogP contribution is 2.27.